The van der Waals surface area contributed by atoms with E-state index in [9.17, 15) is 14.7 Å². The van der Waals surface area contributed by atoms with E-state index in [4.69, 9.17) is 14.2 Å². The number of aliphatic hydroxyl groups is 1. The molecule has 0 aliphatic carbocycles. The molecule has 2 N–H and O–H groups in total. The number of aliphatic hydroxyl groups excluding tert-OH is 1. The number of ether oxygens (including phenoxy) is 3. The quantitative estimate of drug-likeness (QED) is 0.0894. The van der Waals surface area contributed by atoms with Crippen LogP contribution in [0.15, 0.2) is 78.9 Å². The first-order valence-corrected chi connectivity index (χ1v) is 16.8. The Labute approximate surface area is 298 Å². The number of carbonyl (C=O) groups is 1. The summed E-state index contributed by atoms with van der Waals surface area (Å²) in [6.45, 7) is 0.641. The van der Waals surface area contributed by atoms with Gasteiger partial charge in [-0.15, -0.1) is 0 Å². The number of methoxy groups -OCH3 is 2. The molecule has 3 aromatic rings. The Morgan fingerprint density at radius 3 is 1.79 bits per heavy atom. The molecule has 0 unspecified atom stereocenters. The first-order valence-electron chi connectivity index (χ1n) is 16.8. The monoisotopic (exact) mass is 652 g/mol. The molecule has 2 atom stereocenters. The Balaban J connectivity index is 0.00000400. The minimum atomic E-state index is -0.962. The van der Waals surface area contributed by atoms with E-state index in [0.717, 1.165) is 79.6 Å². The van der Waals surface area contributed by atoms with Crippen LogP contribution in [0.5, 0.6) is 11.5 Å². The number of piperidine rings is 1. The third-order valence-electron chi connectivity index (χ3n) is 9.09. The number of unbranched alkanes of at least 4 members (excludes halogenated alkanes) is 8. The van der Waals surface area contributed by atoms with Gasteiger partial charge in [0.15, 0.2) is 0 Å². The number of hydrogen-bond acceptors (Lipinski definition) is 7. The molecule has 1 fully saturated rings. The zero-order valence-corrected chi connectivity index (χ0v) is 28.9. The van der Waals surface area contributed by atoms with Gasteiger partial charge in [-0.1, -0.05) is 99.5 Å². The van der Waals surface area contributed by atoms with Crippen LogP contribution in [0.3, 0.4) is 0 Å². The third kappa shape index (κ3) is 11.2. The predicted octanol–water partition coefficient (Wildman–Crippen LogP) is 4.20. The number of benzene rings is 3. The maximum atomic E-state index is 13.6. The SMILES string of the molecule is COc1ccc(C(OC[C@H]2CC[C@@H](O)CN2C(=O)CCCCCCCCCC[C-]=O)(c2ccccc2)c2ccc(OC)cc2)cc1.[Li+].[OH-]. The fraction of sp³-hybridized carbons (Fsp3) is 0.487. The summed E-state index contributed by atoms with van der Waals surface area (Å²) < 4.78 is 18.1. The Hall–Kier alpha value is -3.12. The molecule has 1 saturated heterocycles. The zero-order chi connectivity index (χ0) is 32.6. The van der Waals surface area contributed by atoms with E-state index in [0.29, 0.717) is 38.8 Å². The van der Waals surface area contributed by atoms with Crippen molar-refractivity contribution in [3.8, 4) is 11.5 Å². The van der Waals surface area contributed by atoms with Crippen molar-refractivity contribution in [2.75, 3.05) is 27.4 Å². The van der Waals surface area contributed by atoms with Gasteiger partial charge in [-0.25, -0.2) is 0 Å². The molecule has 4 rings (SSSR count). The van der Waals surface area contributed by atoms with E-state index in [1.165, 1.54) is 0 Å². The van der Waals surface area contributed by atoms with Crippen molar-refractivity contribution >= 4 is 12.2 Å². The molecule has 0 aromatic heterocycles. The molecule has 0 radical (unpaired) electrons. The Bertz CT molecular complexity index is 1270. The number of nitrogens with zero attached hydrogens (tertiary/aromatic N) is 1. The Kier molecular flexibility index (Phi) is 18.6. The fourth-order valence-electron chi connectivity index (χ4n) is 6.46. The largest absolute Gasteiger partial charge is 1.00 e. The molecule has 48 heavy (non-hydrogen) atoms. The summed E-state index contributed by atoms with van der Waals surface area (Å²) >= 11 is 0. The molecule has 1 aliphatic rings. The van der Waals surface area contributed by atoms with Gasteiger partial charge in [-0.2, -0.15) is 6.42 Å². The molecule has 256 valence electrons. The zero-order valence-electron chi connectivity index (χ0n) is 28.9. The third-order valence-corrected chi connectivity index (χ3v) is 9.09. The van der Waals surface area contributed by atoms with E-state index in [1.54, 1.807) is 14.2 Å². The van der Waals surface area contributed by atoms with Gasteiger partial charge < -0.3 is 34.5 Å². The van der Waals surface area contributed by atoms with Crippen molar-refractivity contribution < 1.29 is 53.2 Å². The molecule has 0 bridgehead atoms. The van der Waals surface area contributed by atoms with Gasteiger partial charge in [0.2, 0.25) is 5.91 Å². The standard InChI is InChI=1S/C39H50NO6.Li.H2O/c1-44-36-24-18-32(19-25-36)39(31-15-11-10-12-16-31,33-20-26-37(45-2)27-21-33)46-30-34-22-23-35(42)29-40(34)38(43)17-13-8-6-4-3-5-7-9-14-28-41;;/h10-12,15-16,18-21,24-27,34-35,42H,3-9,13-14,17,22-23,29-30H2,1-2H3;;1H2/q-1;+1;/p-1/t34-,35-;;/m1../s1. The van der Waals surface area contributed by atoms with Crippen molar-refractivity contribution in [2.45, 2.75) is 94.8 Å². The molecular formula is C39H51LiNO7-. The second kappa shape index (κ2) is 21.8. The van der Waals surface area contributed by atoms with Crippen LogP contribution in [-0.4, -0.2) is 67.2 Å². The minimum Gasteiger partial charge on any atom is -0.870 e. The van der Waals surface area contributed by atoms with Gasteiger partial charge in [0.25, 0.3) is 0 Å². The van der Waals surface area contributed by atoms with Gasteiger partial charge in [-0.05, 0) is 60.2 Å². The molecule has 1 amide bonds. The fourth-order valence-corrected chi connectivity index (χ4v) is 6.46. The van der Waals surface area contributed by atoms with E-state index in [-0.39, 0.29) is 36.3 Å². The number of β-amino-alcohol motifs (C(OH)–C–C–N with tert-alkyl or cyclic N) is 1. The van der Waals surface area contributed by atoms with Gasteiger partial charge >= 0.3 is 18.9 Å². The van der Waals surface area contributed by atoms with Crippen molar-refractivity contribution in [3.05, 3.63) is 95.6 Å². The van der Waals surface area contributed by atoms with Crippen molar-refractivity contribution in [2.24, 2.45) is 0 Å². The summed E-state index contributed by atoms with van der Waals surface area (Å²) in [7, 11) is 3.31. The second-order valence-electron chi connectivity index (χ2n) is 12.2. The maximum Gasteiger partial charge on any atom is 1.00 e. The van der Waals surface area contributed by atoms with Crippen LogP contribution >= 0.6 is 0 Å². The number of rotatable bonds is 19. The minimum absolute atomic E-state index is 0. The summed E-state index contributed by atoms with van der Waals surface area (Å²) in [6.07, 6.45) is 12.2. The molecule has 1 aliphatic heterocycles. The second-order valence-corrected chi connectivity index (χ2v) is 12.2. The van der Waals surface area contributed by atoms with Crippen LogP contribution in [0.25, 0.3) is 0 Å². The van der Waals surface area contributed by atoms with Crippen LogP contribution in [0.2, 0.25) is 0 Å². The first kappa shape index (κ1) is 41.0. The van der Waals surface area contributed by atoms with Crippen molar-refractivity contribution in [1.29, 1.82) is 0 Å². The van der Waals surface area contributed by atoms with Crippen molar-refractivity contribution in [1.82, 2.24) is 4.90 Å². The number of amides is 1. The van der Waals surface area contributed by atoms with Gasteiger partial charge in [0, 0.05) is 13.0 Å². The number of hydrogen-bond donors (Lipinski definition) is 1. The summed E-state index contributed by atoms with van der Waals surface area (Å²) in [5.41, 5.74) is 1.90. The summed E-state index contributed by atoms with van der Waals surface area (Å²) in [4.78, 5) is 25.8. The van der Waals surface area contributed by atoms with Crippen LogP contribution in [0.1, 0.15) is 93.7 Å². The summed E-state index contributed by atoms with van der Waals surface area (Å²) in [5, 5.41) is 10.6. The van der Waals surface area contributed by atoms with Crippen molar-refractivity contribution in [3.63, 3.8) is 0 Å². The summed E-state index contributed by atoms with van der Waals surface area (Å²) in [6, 6.07) is 25.9. The molecular weight excluding hydrogens is 601 g/mol. The maximum absolute atomic E-state index is 13.6. The molecule has 9 heteroatoms. The molecule has 3 aromatic carbocycles. The van der Waals surface area contributed by atoms with E-state index in [2.05, 4.69) is 12.1 Å². The van der Waals surface area contributed by atoms with Crippen LogP contribution < -0.4 is 28.3 Å². The van der Waals surface area contributed by atoms with Gasteiger partial charge in [0.05, 0.1) is 33.0 Å². The number of likely N-dealkylation sites (tertiary alicyclic amines) is 1. The van der Waals surface area contributed by atoms with Crippen LogP contribution in [0, 0.1) is 0 Å². The Morgan fingerprint density at radius 2 is 1.27 bits per heavy atom. The topological polar surface area (TPSA) is 115 Å². The molecule has 8 nitrogen and oxygen atoms in total. The normalized spacial score (nSPS) is 15.9. The average Bonchev–Trinajstić information content (AvgIpc) is 3.10. The van der Waals surface area contributed by atoms with Gasteiger partial charge in [-0.3, -0.25) is 11.1 Å². The first-order chi connectivity index (χ1) is 22.5. The predicted molar refractivity (Wildman–Crippen MR) is 183 cm³/mol. The molecule has 1 heterocycles. The molecule has 0 spiro atoms. The van der Waals surface area contributed by atoms with Gasteiger partial charge in [0.1, 0.15) is 17.1 Å². The molecule has 0 saturated carbocycles. The van der Waals surface area contributed by atoms with E-state index in [1.807, 2.05) is 77.9 Å². The number of carbonyl (C=O) groups excluding carboxylic acids is 2. The smallest absolute Gasteiger partial charge is 0.870 e. The average molecular weight is 653 g/mol. The van der Waals surface area contributed by atoms with Crippen LogP contribution in [0.4, 0.5) is 0 Å². The van der Waals surface area contributed by atoms with Crippen LogP contribution in [-0.2, 0) is 19.9 Å². The summed E-state index contributed by atoms with van der Waals surface area (Å²) in [5.74, 6) is 1.59. The Morgan fingerprint density at radius 1 is 0.771 bits per heavy atom. The van der Waals surface area contributed by atoms with E-state index >= 15 is 0 Å². The van der Waals surface area contributed by atoms with E-state index < -0.39 is 11.7 Å².